The first-order valence-electron chi connectivity index (χ1n) is 9.39. The van der Waals surface area contributed by atoms with Crippen LogP contribution in [0.25, 0.3) is 17.1 Å². The number of halogens is 1. The smallest absolute Gasteiger partial charge is 0.271 e. The first-order valence-corrected chi connectivity index (χ1v) is 10.2. The van der Waals surface area contributed by atoms with Crippen molar-refractivity contribution in [3.63, 3.8) is 0 Å². The topological polar surface area (TPSA) is 93.7 Å². The standard InChI is InChI=1S/C20H19ClN6O2S/c1-2-26-18(23-24-20(26)30)8-9-22-19(28)15-12-16(17-7-4-10-29-17)27(25-15)14-6-3-5-13(21)11-14/h3-7,10-12H,2,8-9H2,1H3,(H,22,28)(H,24,30). The molecule has 4 aromatic rings. The molecule has 3 aromatic heterocycles. The maximum absolute atomic E-state index is 12.7. The molecule has 0 unspecified atom stereocenters. The van der Waals surface area contributed by atoms with Gasteiger partial charge < -0.3 is 14.3 Å². The van der Waals surface area contributed by atoms with Gasteiger partial charge in [0, 0.05) is 30.6 Å². The maximum atomic E-state index is 12.7. The average Bonchev–Trinajstić information content (AvgIpc) is 3.47. The van der Waals surface area contributed by atoms with Crippen molar-refractivity contribution in [1.82, 2.24) is 29.9 Å². The second kappa shape index (κ2) is 8.68. The highest BCUT2D eigenvalue weighted by molar-refractivity contribution is 7.71. The lowest BCUT2D eigenvalue weighted by molar-refractivity contribution is 0.0948. The number of rotatable bonds is 7. The molecule has 0 saturated heterocycles. The molecule has 154 valence electrons. The van der Waals surface area contributed by atoms with E-state index in [1.807, 2.05) is 29.7 Å². The van der Waals surface area contributed by atoms with Gasteiger partial charge >= 0.3 is 0 Å². The third-order valence-electron chi connectivity index (χ3n) is 4.56. The highest BCUT2D eigenvalue weighted by Gasteiger charge is 2.18. The van der Waals surface area contributed by atoms with Gasteiger partial charge in [-0.05, 0) is 49.5 Å². The molecule has 10 heteroatoms. The third kappa shape index (κ3) is 4.07. The number of aromatic nitrogens is 5. The Labute approximate surface area is 182 Å². The van der Waals surface area contributed by atoms with E-state index < -0.39 is 0 Å². The summed E-state index contributed by atoms with van der Waals surface area (Å²) in [5.74, 6) is 1.10. The van der Waals surface area contributed by atoms with Crippen molar-refractivity contribution in [2.45, 2.75) is 19.9 Å². The molecule has 0 saturated carbocycles. The lowest BCUT2D eigenvalue weighted by atomic mass is 10.2. The quantitative estimate of drug-likeness (QED) is 0.421. The molecule has 30 heavy (non-hydrogen) atoms. The molecule has 3 heterocycles. The molecule has 1 amide bonds. The monoisotopic (exact) mass is 442 g/mol. The van der Waals surface area contributed by atoms with Crippen LogP contribution in [0.2, 0.25) is 5.02 Å². The number of amides is 1. The summed E-state index contributed by atoms with van der Waals surface area (Å²) in [6.07, 6.45) is 2.12. The van der Waals surface area contributed by atoms with Gasteiger partial charge in [0.1, 0.15) is 11.5 Å². The van der Waals surface area contributed by atoms with E-state index in [-0.39, 0.29) is 11.6 Å². The maximum Gasteiger partial charge on any atom is 0.271 e. The summed E-state index contributed by atoms with van der Waals surface area (Å²) in [4.78, 5) is 12.7. The number of aromatic amines is 1. The Morgan fingerprint density at radius 2 is 2.17 bits per heavy atom. The average molecular weight is 443 g/mol. The SMILES string of the molecule is CCn1c(CCNC(=O)c2cc(-c3ccco3)n(-c3cccc(Cl)c3)n2)n[nH]c1=S. The summed E-state index contributed by atoms with van der Waals surface area (Å²) in [5, 5.41) is 14.9. The lowest BCUT2D eigenvalue weighted by Crippen LogP contribution is -2.27. The Morgan fingerprint density at radius 1 is 1.30 bits per heavy atom. The van der Waals surface area contributed by atoms with Gasteiger partial charge in [-0.25, -0.2) is 4.68 Å². The molecule has 0 aliphatic carbocycles. The van der Waals surface area contributed by atoms with Crippen LogP contribution in [0.5, 0.6) is 0 Å². The number of nitrogens with one attached hydrogen (secondary N) is 2. The fourth-order valence-electron chi connectivity index (χ4n) is 3.14. The van der Waals surface area contributed by atoms with Gasteiger partial charge in [-0.1, -0.05) is 17.7 Å². The fraction of sp³-hybridized carbons (Fsp3) is 0.200. The van der Waals surface area contributed by atoms with E-state index in [0.717, 1.165) is 18.1 Å². The first-order chi connectivity index (χ1) is 14.6. The van der Waals surface area contributed by atoms with Crippen LogP contribution in [0, 0.1) is 4.77 Å². The minimum Gasteiger partial charge on any atom is -0.463 e. The third-order valence-corrected chi connectivity index (χ3v) is 5.10. The summed E-state index contributed by atoms with van der Waals surface area (Å²) in [5.41, 5.74) is 1.65. The van der Waals surface area contributed by atoms with E-state index in [2.05, 4.69) is 20.6 Å². The van der Waals surface area contributed by atoms with E-state index in [1.54, 1.807) is 35.2 Å². The van der Waals surface area contributed by atoms with Crippen LogP contribution in [0.15, 0.2) is 53.1 Å². The van der Waals surface area contributed by atoms with Crippen LogP contribution >= 0.6 is 23.8 Å². The van der Waals surface area contributed by atoms with E-state index in [9.17, 15) is 4.79 Å². The van der Waals surface area contributed by atoms with Gasteiger partial charge in [0.25, 0.3) is 5.91 Å². The molecule has 8 nitrogen and oxygen atoms in total. The highest BCUT2D eigenvalue weighted by Crippen LogP contribution is 2.25. The van der Waals surface area contributed by atoms with E-state index >= 15 is 0 Å². The Bertz CT molecular complexity index is 1220. The molecule has 1 aromatic carbocycles. The summed E-state index contributed by atoms with van der Waals surface area (Å²) >= 11 is 11.3. The van der Waals surface area contributed by atoms with Gasteiger partial charge in [-0.2, -0.15) is 10.2 Å². The molecule has 2 N–H and O–H groups in total. The summed E-state index contributed by atoms with van der Waals surface area (Å²) in [7, 11) is 0. The van der Waals surface area contributed by atoms with Crippen LogP contribution in [0.4, 0.5) is 0 Å². The number of H-pyrrole nitrogens is 1. The van der Waals surface area contributed by atoms with Gasteiger partial charge in [-0.15, -0.1) is 0 Å². The van der Waals surface area contributed by atoms with E-state index in [1.165, 1.54) is 0 Å². The predicted octanol–water partition coefficient (Wildman–Crippen LogP) is 4.03. The molecular formula is C20H19ClN6O2S. The molecule has 0 fully saturated rings. The molecule has 0 radical (unpaired) electrons. The number of hydrogen-bond acceptors (Lipinski definition) is 5. The number of nitrogens with zero attached hydrogens (tertiary/aromatic N) is 4. The van der Waals surface area contributed by atoms with E-state index in [0.29, 0.717) is 34.2 Å². The largest absolute Gasteiger partial charge is 0.463 e. The Balaban J connectivity index is 1.56. The van der Waals surface area contributed by atoms with Crippen molar-refractivity contribution in [3.8, 4) is 17.1 Å². The number of carbonyl (C=O) groups is 1. The normalized spacial score (nSPS) is 11.0. The van der Waals surface area contributed by atoms with Gasteiger partial charge in [0.05, 0.1) is 12.0 Å². The van der Waals surface area contributed by atoms with Crippen molar-refractivity contribution in [3.05, 3.63) is 70.0 Å². The molecule has 0 bridgehead atoms. The lowest BCUT2D eigenvalue weighted by Gasteiger charge is -2.06. The van der Waals surface area contributed by atoms with Crippen molar-refractivity contribution in [2.24, 2.45) is 0 Å². The van der Waals surface area contributed by atoms with Crippen LogP contribution < -0.4 is 5.32 Å². The van der Waals surface area contributed by atoms with Crippen molar-refractivity contribution >= 4 is 29.7 Å². The summed E-state index contributed by atoms with van der Waals surface area (Å²) in [6.45, 7) is 3.11. The zero-order valence-electron chi connectivity index (χ0n) is 16.1. The van der Waals surface area contributed by atoms with E-state index in [4.69, 9.17) is 28.2 Å². The zero-order valence-corrected chi connectivity index (χ0v) is 17.7. The molecule has 0 atom stereocenters. The Morgan fingerprint density at radius 3 is 2.90 bits per heavy atom. The highest BCUT2D eigenvalue weighted by atomic mass is 35.5. The second-order valence-electron chi connectivity index (χ2n) is 6.48. The van der Waals surface area contributed by atoms with Crippen LogP contribution in [-0.2, 0) is 13.0 Å². The summed E-state index contributed by atoms with van der Waals surface area (Å²) in [6, 6.07) is 12.5. The van der Waals surface area contributed by atoms with Crippen LogP contribution in [-0.4, -0.2) is 37.0 Å². The minimum atomic E-state index is -0.291. The molecular weight excluding hydrogens is 424 g/mol. The van der Waals surface area contributed by atoms with Crippen molar-refractivity contribution in [1.29, 1.82) is 0 Å². The van der Waals surface area contributed by atoms with Gasteiger partial charge in [0.15, 0.2) is 16.2 Å². The molecule has 4 rings (SSSR count). The van der Waals surface area contributed by atoms with Crippen molar-refractivity contribution < 1.29 is 9.21 Å². The number of benzene rings is 1. The Hall–Kier alpha value is -3.17. The summed E-state index contributed by atoms with van der Waals surface area (Å²) < 4.78 is 9.63. The van der Waals surface area contributed by atoms with Crippen LogP contribution in [0.1, 0.15) is 23.2 Å². The molecule has 0 aliphatic rings. The molecule has 0 spiro atoms. The Kier molecular flexibility index (Phi) is 5.82. The number of furan rings is 1. The number of carbonyl (C=O) groups excluding carboxylic acids is 1. The van der Waals surface area contributed by atoms with Gasteiger partial charge in [-0.3, -0.25) is 9.89 Å². The molecule has 0 aliphatic heterocycles. The van der Waals surface area contributed by atoms with Crippen molar-refractivity contribution in [2.75, 3.05) is 6.54 Å². The fourth-order valence-corrected chi connectivity index (χ4v) is 3.61. The zero-order chi connectivity index (χ0) is 21.1. The first kappa shape index (κ1) is 20.1. The second-order valence-corrected chi connectivity index (χ2v) is 7.30. The minimum absolute atomic E-state index is 0.274. The number of hydrogen-bond donors (Lipinski definition) is 2. The van der Waals surface area contributed by atoms with Crippen LogP contribution in [0.3, 0.4) is 0 Å². The predicted molar refractivity (Wildman–Crippen MR) is 115 cm³/mol. The van der Waals surface area contributed by atoms with Gasteiger partial charge in [0.2, 0.25) is 0 Å².